The number of halogens is 1. The predicted molar refractivity (Wildman–Crippen MR) is 130 cm³/mol. The average Bonchev–Trinajstić information content (AvgIpc) is 2.77. The molecule has 0 saturated carbocycles. The number of hydrogen-bond acceptors (Lipinski definition) is 6. The van der Waals surface area contributed by atoms with Gasteiger partial charge in [0.05, 0.1) is 5.69 Å². The van der Waals surface area contributed by atoms with Crippen molar-refractivity contribution in [1.82, 2.24) is 10.7 Å². The van der Waals surface area contributed by atoms with Crippen LogP contribution in [0.1, 0.15) is 24.2 Å². The van der Waals surface area contributed by atoms with E-state index in [0.717, 1.165) is 14.7 Å². The molecule has 0 unspecified atom stereocenters. The number of benzene rings is 2. The molecule has 1 heterocycles. The van der Waals surface area contributed by atoms with Crippen LogP contribution in [0.4, 0.5) is 16.2 Å². The molecule has 0 aliphatic carbocycles. The molecule has 0 spiro atoms. The fourth-order valence-corrected chi connectivity index (χ4v) is 3.14. The van der Waals surface area contributed by atoms with E-state index >= 15 is 0 Å². The Hall–Kier alpha value is -3.61. The van der Waals surface area contributed by atoms with E-state index < -0.39 is 29.7 Å². The average molecular weight is 561 g/mol. The van der Waals surface area contributed by atoms with Gasteiger partial charge in [0.1, 0.15) is 0 Å². The first-order chi connectivity index (χ1) is 15.7. The molecule has 3 rings (SSSR count). The summed E-state index contributed by atoms with van der Waals surface area (Å²) in [5.74, 6) is -3.93. The maximum Gasteiger partial charge on any atom is 0.335 e. The number of hydrogen-bond donors (Lipinski definition) is 3. The fraction of sp³-hybridized carbons (Fsp3) is 0.182. The molecule has 0 radical (unpaired) electrons. The quantitative estimate of drug-likeness (QED) is 0.216. The van der Waals surface area contributed by atoms with E-state index in [9.17, 15) is 24.0 Å². The van der Waals surface area contributed by atoms with Crippen LogP contribution in [0, 0.1) is 15.4 Å². The van der Waals surface area contributed by atoms with Crippen LogP contribution in [-0.2, 0) is 14.4 Å². The molecule has 1 saturated heterocycles. The van der Waals surface area contributed by atoms with Crippen LogP contribution in [0.5, 0.6) is 0 Å². The van der Waals surface area contributed by atoms with Crippen molar-refractivity contribution in [2.24, 2.45) is 16.9 Å². The number of rotatable bonds is 6. The number of urea groups is 1. The zero-order chi connectivity index (χ0) is 24.1. The summed E-state index contributed by atoms with van der Waals surface area (Å²) in [4.78, 5) is 62.0. The molecule has 0 bridgehead atoms. The number of nitrogens with zero attached hydrogens (tertiary/aromatic N) is 2. The van der Waals surface area contributed by atoms with Crippen LogP contribution in [0.3, 0.4) is 0 Å². The second kappa shape index (κ2) is 10.3. The smallest absolute Gasteiger partial charge is 0.326 e. The van der Waals surface area contributed by atoms with E-state index in [0.29, 0.717) is 11.4 Å². The molecule has 2 aromatic rings. The van der Waals surface area contributed by atoms with Crippen LogP contribution < -0.4 is 21.0 Å². The van der Waals surface area contributed by atoms with Gasteiger partial charge in [0.25, 0.3) is 11.8 Å². The second-order valence-electron chi connectivity index (χ2n) is 7.36. The number of amides is 6. The number of barbiturate groups is 1. The SMILES string of the molecule is CC(C)C(=O)Nc1ccc(C(=O)N/N=C\[C@H]2C(=O)NC(=O)N(c3ccc(I)cc3)C2=O)cc1. The van der Waals surface area contributed by atoms with Gasteiger partial charge in [-0.3, -0.25) is 24.5 Å². The maximum atomic E-state index is 12.8. The van der Waals surface area contributed by atoms with Gasteiger partial charge < -0.3 is 5.32 Å². The Bertz CT molecular complexity index is 1130. The lowest BCUT2D eigenvalue weighted by Gasteiger charge is -2.28. The van der Waals surface area contributed by atoms with Crippen molar-refractivity contribution in [3.63, 3.8) is 0 Å². The van der Waals surface area contributed by atoms with Crippen LogP contribution in [0.15, 0.2) is 53.6 Å². The van der Waals surface area contributed by atoms with Gasteiger partial charge in [-0.25, -0.2) is 15.1 Å². The zero-order valence-electron chi connectivity index (χ0n) is 17.7. The van der Waals surface area contributed by atoms with Crippen molar-refractivity contribution >= 4 is 69.8 Å². The van der Waals surface area contributed by atoms with Crippen LogP contribution in [0.25, 0.3) is 0 Å². The van der Waals surface area contributed by atoms with Gasteiger partial charge >= 0.3 is 6.03 Å². The summed E-state index contributed by atoms with van der Waals surface area (Å²) >= 11 is 2.09. The Morgan fingerprint density at radius 1 is 1.06 bits per heavy atom. The van der Waals surface area contributed by atoms with Gasteiger partial charge in [-0.2, -0.15) is 5.10 Å². The normalized spacial score (nSPS) is 16.2. The molecule has 11 heteroatoms. The topological polar surface area (TPSA) is 137 Å². The highest BCUT2D eigenvalue weighted by Crippen LogP contribution is 2.21. The number of carbonyl (C=O) groups excluding carboxylic acids is 5. The first-order valence-corrected chi connectivity index (χ1v) is 10.9. The summed E-state index contributed by atoms with van der Waals surface area (Å²) < 4.78 is 0.911. The third-order valence-corrected chi connectivity index (χ3v) is 5.33. The minimum absolute atomic E-state index is 0.148. The summed E-state index contributed by atoms with van der Waals surface area (Å²) in [5, 5.41) is 8.54. The van der Waals surface area contributed by atoms with E-state index in [1.54, 1.807) is 50.2 Å². The van der Waals surface area contributed by atoms with Crippen LogP contribution in [0.2, 0.25) is 0 Å². The molecule has 1 atom stereocenters. The van der Waals surface area contributed by atoms with Crippen LogP contribution in [-0.4, -0.2) is 35.9 Å². The molecule has 1 aliphatic heterocycles. The van der Waals surface area contributed by atoms with Gasteiger partial charge in [-0.15, -0.1) is 0 Å². The van der Waals surface area contributed by atoms with E-state index in [4.69, 9.17) is 0 Å². The molecule has 1 fully saturated rings. The van der Waals surface area contributed by atoms with Gasteiger partial charge in [-0.1, -0.05) is 13.8 Å². The molecule has 10 nitrogen and oxygen atoms in total. The molecule has 33 heavy (non-hydrogen) atoms. The minimum atomic E-state index is -1.39. The fourth-order valence-electron chi connectivity index (χ4n) is 2.78. The Morgan fingerprint density at radius 2 is 1.70 bits per heavy atom. The highest BCUT2D eigenvalue weighted by molar-refractivity contribution is 14.1. The Labute approximate surface area is 202 Å². The van der Waals surface area contributed by atoms with Crippen molar-refractivity contribution in [3.05, 3.63) is 57.7 Å². The summed E-state index contributed by atoms with van der Waals surface area (Å²) in [6.45, 7) is 3.53. The molecular formula is C22H20IN5O5. The number of imide groups is 2. The Morgan fingerprint density at radius 3 is 2.30 bits per heavy atom. The van der Waals surface area contributed by atoms with Gasteiger partial charge in [0.15, 0.2) is 5.92 Å². The summed E-state index contributed by atoms with van der Waals surface area (Å²) in [6.07, 6.45) is 0.971. The third-order valence-electron chi connectivity index (χ3n) is 4.62. The van der Waals surface area contributed by atoms with Crippen molar-refractivity contribution in [2.75, 3.05) is 10.2 Å². The van der Waals surface area contributed by atoms with E-state index in [1.165, 1.54) is 12.1 Å². The lowest BCUT2D eigenvalue weighted by molar-refractivity contribution is -0.131. The summed E-state index contributed by atoms with van der Waals surface area (Å²) in [6, 6.07) is 11.9. The number of anilines is 2. The third kappa shape index (κ3) is 5.80. The molecular weight excluding hydrogens is 541 g/mol. The summed E-state index contributed by atoms with van der Waals surface area (Å²) in [5.41, 5.74) is 3.34. The Kier molecular flexibility index (Phi) is 7.53. The highest BCUT2D eigenvalue weighted by atomic mass is 127. The molecule has 3 N–H and O–H groups in total. The summed E-state index contributed by atoms with van der Waals surface area (Å²) in [7, 11) is 0. The van der Waals surface area contributed by atoms with Gasteiger partial charge in [-0.05, 0) is 71.1 Å². The van der Waals surface area contributed by atoms with E-state index in [-0.39, 0.29) is 17.4 Å². The lowest BCUT2D eigenvalue weighted by atomic mass is 10.1. The van der Waals surface area contributed by atoms with Crippen molar-refractivity contribution in [3.8, 4) is 0 Å². The first kappa shape index (κ1) is 24.0. The Balaban J connectivity index is 1.65. The molecule has 0 aromatic heterocycles. The largest absolute Gasteiger partial charge is 0.335 e. The van der Waals surface area contributed by atoms with E-state index in [1.807, 2.05) is 0 Å². The number of hydrazone groups is 1. The molecule has 170 valence electrons. The lowest BCUT2D eigenvalue weighted by Crippen LogP contribution is -2.58. The van der Waals surface area contributed by atoms with Crippen molar-refractivity contribution < 1.29 is 24.0 Å². The molecule has 2 aromatic carbocycles. The van der Waals surface area contributed by atoms with Gasteiger partial charge in [0, 0.05) is 27.0 Å². The van der Waals surface area contributed by atoms with Crippen LogP contribution >= 0.6 is 22.6 Å². The monoisotopic (exact) mass is 561 g/mol. The first-order valence-electron chi connectivity index (χ1n) is 9.86. The van der Waals surface area contributed by atoms with Crippen molar-refractivity contribution in [1.29, 1.82) is 0 Å². The predicted octanol–water partition coefficient (Wildman–Crippen LogP) is 2.50. The standard InChI is InChI=1S/C22H20IN5O5/c1-12(2)18(29)25-15-7-3-13(4-8-15)19(30)27-24-11-17-20(31)26-22(33)28(21(17)32)16-9-5-14(23)6-10-16/h3-12,17H,1-2H3,(H,25,29)(H,27,30)(H,26,31,33)/b24-11-/t17-/m0/s1. The van der Waals surface area contributed by atoms with E-state index in [2.05, 4.69) is 43.8 Å². The number of nitrogens with one attached hydrogen (secondary N) is 3. The molecule has 6 amide bonds. The molecule has 1 aliphatic rings. The number of carbonyl (C=O) groups is 5. The minimum Gasteiger partial charge on any atom is -0.326 e. The van der Waals surface area contributed by atoms with Gasteiger partial charge in [0.2, 0.25) is 11.8 Å². The zero-order valence-corrected chi connectivity index (χ0v) is 19.8. The highest BCUT2D eigenvalue weighted by Gasteiger charge is 2.40. The second-order valence-corrected chi connectivity index (χ2v) is 8.61. The maximum absolute atomic E-state index is 12.8. The van der Waals surface area contributed by atoms with Crippen molar-refractivity contribution in [2.45, 2.75) is 13.8 Å².